The molecule has 0 saturated heterocycles. The first kappa shape index (κ1) is 27.1. The number of sulfone groups is 1. The number of allylic oxidation sites excluding steroid dienone is 1. The van der Waals surface area contributed by atoms with Gasteiger partial charge in [-0.2, -0.15) is 0 Å². The monoisotopic (exact) mass is 583 g/mol. The Bertz CT molecular complexity index is 1650. The highest BCUT2D eigenvalue weighted by atomic mass is 35.5. The van der Waals surface area contributed by atoms with Crippen molar-refractivity contribution in [2.24, 2.45) is 10.7 Å². The lowest BCUT2D eigenvalue weighted by molar-refractivity contribution is -0.115. The molecule has 1 heterocycles. The molecule has 3 aromatic rings. The van der Waals surface area contributed by atoms with E-state index in [0.717, 1.165) is 18.4 Å². The SMILES string of the molecule is NC1=C(C(=Nc2ccc(Cl)cc2Cl)C(=O)NC2(c3ccccc3)CC2)CS(=O)(=O)C/C1=C\c1ccc(F)cc1. The summed E-state index contributed by atoms with van der Waals surface area (Å²) in [5, 5.41) is 3.64. The lowest BCUT2D eigenvalue weighted by atomic mass is 10.00. The summed E-state index contributed by atoms with van der Waals surface area (Å²) in [5.41, 5.74) is 8.02. The first-order chi connectivity index (χ1) is 18.6. The van der Waals surface area contributed by atoms with Crippen LogP contribution in [0.4, 0.5) is 10.1 Å². The largest absolute Gasteiger partial charge is 0.398 e. The molecule has 1 fully saturated rings. The lowest BCUT2D eigenvalue weighted by Gasteiger charge is -2.24. The normalized spacial score (nSPS) is 19.2. The number of aliphatic imine (C=N–C) groups is 1. The third-order valence-electron chi connectivity index (χ3n) is 6.69. The number of rotatable bonds is 6. The van der Waals surface area contributed by atoms with E-state index in [-0.39, 0.29) is 39.0 Å². The van der Waals surface area contributed by atoms with Crippen molar-refractivity contribution in [3.05, 3.63) is 117 Å². The maximum Gasteiger partial charge on any atom is 0.270 e. The van der Waals surface area contributed by atoms with Gasteiger partial charge in [0.15, 0.2) is 9.84 Å². The molecular formula is C29H24Cl2FN3O3S. The topological polar surface area (TPSA) is 102 Å². The number of amides is 1. The quantitative estimate of drug-likeness (QED) is 0.361. The van der Waals surface area contributed by atoms with Gasteiger partial charge in [-0.25, -0.2) is 17.8 Å². The Hall–Kier alpha value is -3.46. The molecule has 1 saturated carbocycles. The lowest BCUT2D eigenvalue weighted by Crippen LogP contribution is -2.42. The molecule has 0 unspecified atom stereocenters. The maximum atomic E-state index is 13.9. The van der Waals surface area contributed by atoms with Gasteiger partial charge in [-0.05, 0) is 65.9 Å². The summed E-state index contributed by atoms with van der Waals surface area (Å²) in [7, 11) is -3.71. The van der Waals surface area contributed by atoms with Crippen molar-refractivity contribution in [3.63, 3.8) is 0 Å². The highest BCUT2D eigenvalue weighted by Crippen LogP contribution is 2.45. The molecule has 2 aliphatic rings. The standard InChI is InChI=1S/C29H24Cl2FN3O3S/c30-21-8-11-25(24(31)15-21)34-27(28(36)35-29(12-13-29)20-4-2-1-3-5-20)23-17-39(37,38)16-19(26(23)33)14-18-6-9-22(32)10-7-18/h1-11,14-15H,12-13,16-17,33H2,(H,35,36)/b19-14+,34-27?. The molecule has 0 radical (unpaired) electrons. The van der Waals surface area contributed by atoms with Crippen LogP contribution in [-0.4, -0.2) is 31.5 Å². The van der Waals surface area contributed by atoms with Gasteiger partial charge in [-0.15, -0.1) is 0 Å². The van der Waals surface area contributed by atoms with Crippen LogP contribution < -0.4 is 11.1 Å². The molecule has 3 aromatic carbocycles. The van der Waals surface area contributed by atoms with Crippen LogP contribution in [0.3, 0.4) is 0 Å². The Balaban J connectivity index is 1.62. The minimum absolute atomic E-state index is 0.0713. The van der Waals surface area contributed by atoms with E-state index in [1.54, 1.807) is 18.2 Å². The zero-order chi connectivity index (χ0) is 27.8. The Morgan fingerprint density at radius 2 is 1.69 bits per heavy atom. The van der Waals surface area contributed by atoms with Crippen molar-refractivity contribution in [1.29, 1.82) is 0 Å². The van der Waals surface area contributed by atoms with Crippen LogP contribution in [0.5, 0.6) is 0 Å². The summed E-state index contributed by atoms with van der Waals surface area (Å²) >= 11 is 12.4. The van der Waals surface area contributed by atoms with Gasteiger partial charge in [-0.1, -0.05) is 65.7 Å². The molecule has 0 spiro atoms. The van der Waals surface area contributed by atoms with Crippen molar-refractivity contribution in [2.45, 2.75) is 18.4 Å². The predicted molar refractivity (Wildman–Crippen MR) is 153 cm³/mol. The number of hydrogen-bond acceptors (Lipinski definition) is 5. The zero-order valence-electron chi connectivity index (χ0n) is 20.6. The first-order valence-corrected chi connectivity index (χ1v) is 14.7. The second-order valence-corrected chi connectivity index (χ2v) is 12.5. The highest BCUT2D eigenvalue weighted by Gasteiger charge is 2.46. The highest BCUT2D eigenvalue weighted by molar-refractivity contribution is 7.91. The van der Waals surface area contributed by atoms with Crippen LogP contribution in [-0.2, 0) is 20.2 Å². The van der Waals surface area contributed by atoms with Crippen LogP contribution in [0.1, 0.15) is 24.0 Å². The van der Waals surface area contributed by atoms with Crippen LogP contribution in [0, 0.1) is 5.82 Å². The number of nitrogens with two attached hydrogens (primary N) is 1. The van der Waals surface area contributed by atoms with Gasteiger partial charge in [0.05, 0.1) is 27.8 Å². The second kappa shape index (κ2) is 10.6. The van der Waals surface area contributed by atoms with E-state index in [1.165, 1.54) is 30.3 Å². The van der Waals surface area contributed by atoms with Gasteiger partial charge in [0.25, 0.3) is 5.91 Å². The molecule has 0 aromatic heterocycles. The molecule has 200 valence electrons. The number of nitrogens with zero attached hydrogens (tertiary/aromatic N) is 1. The summed E-state index contributed by atoms with van der Waals surface area (Å²) in [5.74, 6) is -1.80. The van der Waals surface area contributed by atoms with E-state index in [0.29, 0.717) is 10.6 Å². The molecule has 5 rings (SSSR count). The number of hydrogen-bond donors (Lipinski definition) is 2. The maximum absolute atomic E-state index is 13.9. The molecule has 1 aliphatic carbocycles. The molecule has 0 atom stereocenters. The van der Waals surface area contributed by atoms with Crippen LogP contribution >= 0.6 is 23.2 Å². The number of carbonyl (C=O) groups excluding carboxylic acids is 1. The van der Waals surface area contributed by atoms with E-state index in [2.05, 4.69) is 10.3 Å². The van der Waals surface area contributed by atoms with Crippen molar-refractivity contribution >= 4 is 56.4 Å². The Morgan fingerprint density at radius 1 is 1.00 bits per heavy atom. The fraction of sp³-hybridized carbons (Fsp3) is 0.172. The Morgan fingerprint density at radius 3 is 2.33 bits per heavy atom. The predicted octanol–water partition coefficient (Wildman–Crippen LogP) is 5.74. The molecule has 1 aliphatic heterocycles. The van der Waals surface area contributed by atoms with E-state index in [1.807, 2.05) is 30.3 Å². The molecule has 39 heavy (non-hydrogen) atoms. The number of benzene rings is 3. The van der Waals surface area contributed by atoms with Gasteiger partial charge in [0.2, 0.25) is 0 Å². The fourth-order valence-electron chi connectivity index (χ4n) is 4.52. The summed E-state index contributed by atoms with van der Waals surface area (Å²) in [4.78, 5) is 18.4. The molecule has 10 heteroatoms. The zero-order valence-corrected chi connectivity index (χ0v) is 23.0. The summed E-state index contributed by atoms with van der Waals surface area (Å²) in [6, 6.07) is 19.7. The molecule has 6 nitrogen and oxygen atoms in total. The van der Waals surface area contributed by atoms with Crippen LogP contribution in [0.15, 0.2) is 94.6 Å². The van der Waals surface area contributed by atoms with Crippen molar-refractivity contribution in [3.8, 4) is 0 Å². The van der Waals surface area contributed by atoms with E-state index in [4.69, 9.17) is 28.9 Å². The van der Waals surface area contributed by atoms with Crippen molar-refractivity contribution < 1.29 is 17.6 Å². The molecule has 1 amide bonds. The van der Waals surface area contributed by atoms with Gasteiger partial charge in [0.1, 0.15) is 11.5 Å². The van der Waals surface area contributed by atoms with Crippen molar-refractivity contribution in [2.75, 3.05) is 11.5 Å². The van der Waals surface area contributed by atoms with Gasteiger partial charge in [0, 0.05) is 16.3 Å². The first-order valence-electron chi connectivity index (χ1n) is 12.1. The molecular weight excluding hydrogens is 560 g/mol. The van der Waals surface area contributed by atoms with Crippen molar-refractivity contribution in [1.82, 2.24) is 5.32 Å². The number of nitrogens with one attached hydrogen (secondary N) is 1. The number of halogens is 3. The minimum Gasteiger partial charge on any atom is -0.398 e. The number of carbonyl (C=O) groups is 1. The van der Waals surface area contributed by atoms with E-state index >= 15 is 0 Å². The Labute approximate surface area is 236 Å². The van der Waals surface area contributed by atoms with Gasteiger partial charge in [-0.3, -0.25) is 4.79 Å². The third kappa shape index (κ3) is 6.08. The molecule has 0 bridgehead atoms. The molecule has 3 N–H and O–H groups in total. The summed E-state index contributed by atoms with van der Waals surface area (Å²) in [6.07, 6.45) is 3.02. The van der Waals surface area contributed by atoms with Gasteiger partial charge >= 0.3 is 0 Å². The van der Waals surface area contributed by atoms with Crippen LogP contribution in [0.2, 0.25) is 10.0 Å². The van der Waals surface area contributed by atoms with Crippen LogP contribution in [0.25, 0.3) is 6.08 Å². The van der Waals surface area contributed by atoms with E-state index in [9.17, 15) is 17.6 Å². The second-order valence-electron chi connectivity index (χ2n) is 9.60. The average Bonchev–Trinajstić information content (AvgIpc) is 3.68. The fourth-order valence-corrected chi connectivity index (χ4v) is 6.52. The van der Waals surface area contributed by atoms with E-state index < -0.39 is 32.9 Å². The summed E-state index contributed by atoms with van der Waals surface area (Å²) in [6.45, 7) is 0. The average molecular weight is 585 g/mol. The minimum atomic E-state index is -3.71. The third-order valence-corrected chi connectivity index (χ3v) is 8.71. The summed E-state index contributed by atoms with van der Waals surface area (Å²) < 4.78 is 39.5. The Kier molecular flexibility index (Phi) is 7.37. The smallest absolute Gasteiger partial charge is 0.270 e. The van der Waals surface area contributed by atoms with Gasteiger partial charge < -0.3 is 11.1 Å².